The minimum Gasteiger partial charge on any atom is -0.330 e. The number of unbranched alkanes of at least 4 members (excludes halogenated alkanes) is 15. The molecule has 0 aliphatic heterocycles. The topological polar surface area (TPSA) is 29.3 Å². The largest absolute Gasteiger partial charge is 0.330 e. The van der Waals surface area contributed by atoms with Crippen LogP contribution in [0, 0.1) is 0 Å². The average molecular weight is 329 g/mol. The summed E-state index contributed by atoms with van der Waals surface area (Å²) in [5, 5.41) is 0. The molecule has 2 nitrogen and oxygen atoms in total. The van der Waals surface area contributed by atoms with Crippen molar-refractivity contribution in [1.29, 1.82) is 0 Å². The highest BCUT2D eigenvalue weighted by Gasteiger charge is 1.94. The third-order valence-electron chi connectivity index (χ3n) is 4.06. The van der Waals surface area contributed by atoms with E-state index in [1.807, 2.05) is 26.0 Å². The highest BCUT2D eigenvalue weighted by atomic mass is 15.0. The molecular weight excluding hydrogens is 280 g/mol. The third kappa shape index (κ3) is 34.3. The van der Waals surface area contributed by atoms with Gasteiger partial charge >= 0.3 is 0 Å². The second kappa shape index (κ2) is 24.2. The summed E-state index contributed by atoms with van der Waals surface area (Å²) in [5.41, 5.74) is 5.48. The van der Waals surface area contributed by atoms with Gasteiger partial charge in [-0.15, -0.1) is 0 Å². The van der Waals surface area contributed by atoms with E-state index >= 15 is 0 Å². The van der Waals surface area contributed by atoms with Crippen molar-refractivity contribution in [2.24, 2.45) is 5.73 Å². The zero-order chi connectivity index (χ0) is 17.6. The van der Waals surface area contributed by atoms with Crippen molar-refractivity contribution in [3.05, 3.63) is 0 Å². The minimum absolute atomic E-state index is 0.873. The molecule has 23 heavy (non-hydrogen) atoms. The molecule has 0 aromatic carbocycles. The Bertz CT molecular complexity index is 162. The van der Waals surface area contributed by atoms with Crippen molar-refractivity contribution >= 4 is 0 Å². The van der Waals surface area contributed by atoms with Gasteiger partial charge in [0.2, 0.25) is 0 Å². The van der Waals surface area contributed by atoms with Crippen molar-refractivity contribution in [3.63, 3.8) is 0 Å². The molecule has 0 aromatic rings. The summed E-state index contributed by atoms with van der Waals surface area (Å²) < 4.78 is 0. The molecule has 0 rings (SSSR count). The molecule has 0 unspecified atom stereocenters. The number of hydrogen-bond donors (Lipinski definition) is 1. The lowest BCUT2D eigenvalue weighted by Gasteiger charge is -2.03. The predicted octanol–water partition coefficient (Wildman–Crippen LogP) is 6.38. The molecule has 0 spiro atoms. The Morgan fingerprint density at radius 3 is 0.913 bits per heavy atom. The van der Waals surface area contributed by atoms with Crippen molar-refractivity contribution in [3.8, 4) is 0 Å². The van der Waals surface area contributed by atoms with Crippen LogP contribution in [0.2, 0.25) is 0 Å². The Labute approximate surface area is 148 Å². The summed E-state index contributed by atoms with van der Waals surface area (Å²) >= 11 is 0. The lowest BCUT2D eigenvalue weighted by Crippen LogP contribution is -1.99. The first-order chi connectivity index (χ1) is 11.1. The summed E-state index contributed by atoms with van der Waals surface area (Å²) in [7, 11) is 6.00. The maximum absolute atomic E-state index is 5.48. The molecule has 2 heteroatoms. The molecule has 0 bridgehead atoms. The zero-order valence-corrected chi connectivity index (χ0v) is 17.0. The fourth-order valence-electron chi connectivity index (χ4n) is 2.69. The molecule has 0 saturated heterocycles. The van der Waals surface area contributed by atoms with Crippen molar-refractivity contribution in [1.82, 2.24) is 4.90 Å². The Morgan fingerprint density at radius 2 is 0.696 bits per heavy atom. The van der Waals surface area contributed by atoms with E-state index in [4.69, 9.17) is 5.73 Å². The molecular formula is C21H48N2. The maximum Gasteiger partial charge on any atom is -0.00773 e. The molecule has 0 amide bonds. The molecule has 0 aliphatic carbocycles. The van der Waals surface area contributed by atoms with Crippen LogP contribution in [0.15, 0.2) is 0 Å². The molecule has 0 aromatic heterocycles. The minimum atomic E-state index is 0.873. The van der Waals surface area contributed by atoms with E-state index in [1.54, 1.807) is 0 Å². The predicted molar refractivity (Wildman–Crippen MR) is 108 cm³/mol. The summed E-state index contributed by atoms with van der Waals surface area (Å²) in [4.78, 5) is 2.00. The molecule has 0 fully saturated rings. The van der Waals surface area contributed by atoms with E-state index < -0.39 is 0 Å². The van der Waals surface area contributed by atoms with E-state index in [0.29, 0.717) is 0 Å². The lowest BCUT2D eigenvalue weighted by molar-refractivity contribution is 0.505. The number of hydrogen-bond acceptors (Lipinski definition) is 2. The fourth-order valence-corrected chi connectivity index (χ4v) is 2.69. The van der Waals surface area contributed by atoms with Crippen molar-refractivity contribution < 1.29 is 0 Å². The van der Waals surface area contributed by atoms with Crippen LogP contribution in [0.5, 0.6) is 0 Å². The highest BCUT2D eigenvalue weighted by Crippen LogP contribution is 2.13. The quantitative estimate of drug-likeness (QED) is 0.333. The number of nitrogens with zero attached hydrogens (tertiary/aromatic N) is 1. The monoisotopic (exact) mass is 328 g/mol. The van der Waals surface area contributed by atoms with E-state index in [2.05, 4.69) is 6.92 Å². The van der Waals surface area contributed by atoms with E-state index in [9.17, 15) is 0 Å². The van der Waals surface area contributed by atoms with Crippen LogP contribution in [0.3, 0.4) is 0 Å². The molecule has 0 aliphatic rings. The fraction of sp³-hybridized carbons (Fsp3) is 1.00. The standard InChI is InChI=1S/C18H39N.C3H9N/c1-2-3-4-5-6-7-8-9-10-11-12-13-14-15-16-17-18-19;1-4(2)3/h2-19H2,1H3;1-3H3. The smallest absolute Gasteiger partial charge is 0.00773 e. The van der Waals surface area contributed by atoms with Gasteiger partial charge in [0.25, 0.3) is 0 Å². The molecule has 142 valence electrons. The first-order valence-electron chi connectivity index (χ1n) is 10.5. The normalized spacial score (nSPS) is 10.7. The molecule has 2 N–H and O–H groups in total. The SMILES string of the molecule is CCCCCCCCCCCCCCCCCCN.CN(C)C. The van der Waals surface area contributed by atoms with Crippen LogP contribution in [-0.4, -0.2) is 32.6 Å². The van der Waals surface area contributed by atoms with E-state index in [-0.39, 0.29) is 0 Å². The second-order valence-corrected chi connectivity index (χ2v) is 7.43. The van der Waals surface area contributed by atoms with Gasteiger partial charge in [0.15, 0.2) is 0 Å². The molecule has 0 radical (unpaired) electrons. The first-order valence-corrected chi connectivity index (χ1v) is 10.5. The van der Waals surface area contributed by atoms with E-state index in [1.165, 1.54) is 103 Å². The molecule has 0 heterocycles. The molecule has 0 saturated carbocycles. The Balaban J connectivity index is 0. The summed E-state index contributed by atoms with van der Waals surface area (Å²) in [5.74, 6) is 0. The lowest BCUT2D eigenvalue weighted by atomic mass is 10.0. The van der Waals surface area contributed by atoms with Gasteiger partial charge in [-0.3, -0.25) is 0 Å². The Hall–Kier alpha value is -0.0800. The van der Waals surface area contributed by atoms with Gasteiger partial charge in [0.1, 0.15) is 0 Å². The van der Waals surface area contributed by atoms with Crippen LogP contribution in [0.1, 0.15) is 110 Å². The number of rotatable bonds is 16. The second-order valence-electron chi connectivity index (χ2n) is 7.43. The van der Waals surface area contributed by atoms with E-state index in [0.717, 1.165) is 6.54 Å². The van der Waals surface area contributed by atoms with Crippen LogP contribution in [-0.2, 0) is 0 Å². The van der Waals surface area contributed by atoms with Crippen LogP contribution in [0.25, 0.3) is 0 Å². The van der Waals surface area contributed by atoms with Crippen molar-refractivity contribution in [2.45, 2.75) is 110 Å². The van der Waals surface area contributed by atoms with Gasteiger partial charge in [-0.2, -0.15) is 0 Å². The van der Waals surface area contributed by atoms with Crippen LogP contribution < -0.4 is 5.73 Å². The average Bonchev–Trinajstić information content (AvgIpc) is 2.50. The Morgan fingerprint density at radius 1 is 0.478 bits per heavy atom. The zero-order valence-electron chi connectivity index (χ0n) is 17.0. The summed E-state index contributed by atoms with van der Waals surface area (Å²) in [6, 6.07) is 0. The maximum atomic E-state index is 5.48. The van der Waals surface area contributed by atoms with Crippen molar-refractivity contribution in [2.75, 3.05) is 27.7 Å². The highest BCUT2D eigenvalue weighted by molar-refractivity contribution is 4.49. The number of nitrogens with two attached hydrogens (primary N) is 1. The van der Waals surface area contributed by atoms with Crippen LogP contribution in [0.4, 0.5) is 0 Å². The molecule has 0 atom stereocenters. The third-order valence-corrected chi connectivity index (χ3v) is 4.06. The Kier molecular flexibility index (Phi) is 26.5. The summed E-state index contributed by atoms with van der Waals surface area (Å²) in [6.07, 6.45) is 22.9. The van der Waals surface area contributed by atoms with Gasteiger partial charge in [-0.05, 0) is 34.1 Å². The summed E-state index contributed by atoms with van der Waals surface area (Å²) in [6.45, 7) is 3.16. The van der Waals surface area contributed by atoms with Crippen LogP contribution >= 0.6 is 0 Å². The first kappa shape index (κ1) is 25.2. The van der Waals surface area contributed by atoms with Gasteiger partial charge < -0.3 is 10.6 Å². The van der Waals surface area contributed by atoms with Gasteiger partial charge in [-0.25, -0.2) is 0 Å². The van der Waals surface area contributed by atoms with Gasteiger partial charge in [-0.1, -0.05) is 103 Å². The van der Waals surface area contributed by atoms with Gasteiger partial charge in [0, 0.05) is 0 Å². The van der Waals surface area contributed by atoms with Gasteiger partial charge in [0.05, 0.1) is 0 Å².